The third-order valence-electron chi connectivity index (χ3n) is 3.75. The fourth-order valence-corrected chi connectivity index (χ4v) is 2.18. The minimum Gasteiger partial charge on any atom is -0.382 e. The average molecular weight is 301 g/mol. The van der Waals surface area contributed by atoms with Crippen molar-refractivity contribution in [3.63, 3.8) is 0 Å². The topological polar surface area (TPSA) is 24.5 Å². The van der Waals surface area contributed by atoms with Gasteiger partial charge in [-0.2, -0.15) is 0 Å². The second-order valence-corrected chi connectivity index (χ2v) is 6.86. The molecule has 0 radical (unpaired) electrons. The molecule has 128 valence electrons. The van der Waals surface area contributed by atoms with Gasteiger partial charge in [-0.15, -0.1) is 0 Å². The van der Waals surface area contributed by atoms with Gasteiger partial charge < -0.3 is 15.0 Å². The summed E-state index contributed by atoms with van der Waals surface area (Å²) in [5, 5.41) is 3.57. The molecular formula is C18H40N2O. The van der Waals surface area contributed by atoms with Crippen LogP contribution >= 0.6 is 0 Å². The largest absolute Gasteiger partial charge is 0.382 e. The minimum atomic E-state index is 0.804. The van der Waals surface area contributed by atoms with Gasteiger partial charge in [-0.25, -0.2) is 0 Å². The quantitative estimate of drug-likeness (QED) is 0.466. The molecule has 0 rings (SSSR count). The Bertz CT molecular complexity index is 195. The molecular weight excluding hydrogens is 260 g/mol. The highest BCUT2D eigenvalue weighted by molar-refractivity contribution is 4.63. The van der Waals surface area contributed by atoms with E-state index in [-0.39, 0.29) is 0 Å². The van der Waals surface area contributed by atoms with Crippen LogP contribution in [-0.2, 0) is 4.74 Å². The molecule has 0 unspecified atom stereocenters. The Kier molecular flexibility index (Phi) is 14.7. The van der Waals surface area contributed by atoms with E-state index in [1.807, 2.05) is 0 Å². The molecule has 3 heteroatoms. The summed E-state index contributed by atoms with van der Waals surface area (Å²) >= 11 is 0. The van der Waals surface area contributed by atoms with Crippen molar-refractivity contribution in [2.45, 2.75) is 60.3 Å². The van der Waals surface area contributed by atoms with Gasteiger partial charge in [0.05, 0.1) is 0 Å². The first-order chi connectivity index (χ1) is 10.1. The van der Waals surface area contributed by atoms with Crippen LogP contribution < -0.4 is 5.32 Å². The number of nitrogens with zero attached hydrogens (tertiary/aromatic N) is 1. The molecule has 0 heterocycles. The van der Waals surface area contributed by atoms with Gasteiger partial charge >= 0.3 is 0 Å². The maximum absolute atomic E-state index is 5.35. The predicted octanol–water partition coefficient (Wildman–Crippen LogP) is 3.79. The van der Waals surface area contributed by atoms with Gasteiger partial charge in [-0.3, -0.25) is 0 Å². The maximum Gasteiger partial charge on any atom is 0.0466 e. The Morgan fingerprint density at radius 1 is 0.857 bits per heavy atom. The summed E-state index contributed by atoms with van der Waals surface area (Å²) in [6.07, 6.45) is 5.02. The van der Waals surface area contributed by atoms with Crippen molar-refractivity contribution in [1.29, 1.82) is 0 Å². The van der Waals surface area contributed by atoms with E-state index >= 15 is 0 Å². The first-order valence-corrected chi connectivity index (χ1v) is 9.07. The molecule has 1 N–H and O–H groups in total. The van der Waals surface area contributed by atoms with E-state index in [0.717, 1.165) is 38.1 Å². The number of ether oxygens (including phenoxy) is 1. The zero-order valence-electron chi connectivity index (χ0n) is 15.3. The monoisotopic (exact) mass is 300 g/mol. The molecule has 21 heavy (non-hydrogen) atoms. The average Bonchev–Trinajstić information content (AvgIpc) is 2.43. The van der Waals surface area contributed by atoms with Crippen LogP contribution in [0.3, 0.4) is 0 Å². The second-order valence-electron chi connectivity index (χ2n) is 6.86. The van der Waals surface area contributed by atoms with E-state index in [0.29, 0.717) is 0 Å². The molecule has 0 aromatic carbocycles. The lowest BCUT2D eigenvalue weighted by atomic mass is 10.1. The molecule has 0 aliphatic carbocycles. The molecule has 0 aromatic rings. The number of unbranched alkanes of at least 4 members (excludes halogenated alkanes) is 1. The van der Waals surface area contributed by atoms with Crippen LogP contribution in [0.2, 0.25) is 0 Å². The molecule has 3 nitrogen and oxygen atoms in total. The summed E-state index contributed by atoms with van der Waals surface area (Å²) in [4.78, 5) is 2.63. The zero-order valence-corrected chi connectivity index (χ0v) is 15.3. The van der Waals surface area contributed by atoms with Crippen LogP contribution in [0.15, 0.2) is 0 Å². The van der Waals surface area contributed by atoms with Gasteiger partial charge in [0.2, 0.25) is 0 Å². The molecule has 0 saturated heterocycles. The van der Waals surface area contributed by atoms with Crippen LogP contribution in [0.25, 0.3) is 0 Å². The third-order valence-corrected chi connectivity index (χ3v) is 3.75. The summed E-state index contributed by atoms with van der Waals surface area (Å²) in [7, 11) is 0. The fraction of sp³-hybridized carbons (Fsp3) is 1.00. The molecule has 0 bridgehead atoms. The lowest BCUT2D eigenvalue weighted by Crippen LogP contribution is -2.35. The van der Waals surface area contributed by atoms with Gasteiger partial charge in [-0.05, 0) is 64.1 Å². The van der Waals surface area contributed by atoms with Crippen LogP contribution in [0.5, 0.6) is 0 Å². The van der Waals surface area contributed by atoms with E-state index < -0.39 is 0 Å². The highest BCUT2D eigenvalue weighted by atomic mass is 16.5. The number of hydrogen-bond acceptors (Lipinski definition) is 3. The van der Waals surface area contributed by atoms with Crippen molar-refractivity contribution in [3.8, 4) is 0 Å². The summed E-state index contributed by atoms with van der Waals surface area (Å²) in [6.45, 7) is 19.0. The highest BCUT2D eigenvalue weighted by Gasteiger charge is 2.07. The molecule has 0 amide bonds. The number of nitrogens with one attached hydrogen (secondary N) is 1. The van der Waals surface area contributed by atoms with E-state index in [2.05, 4.69) is 44.8 Å². The second kappa shape index (κ2) is 14.8. The summed E-state index contributed by atoms with van der Waals surface area (Å²) in [5.41, 5.74) is 0. The first-order valence-electron chi connectivity index (χ1n) is 9.07. The summed E-state index contributed by atoms with van der Waals surface area (Å²) in [6, 6.07) is 0. The number of rotatable bonds is 15. The molecule has 0 fully saturated rings. The van der Waals surface area contributed by atoms with E-state index in [1.165, 1.54) is 45.3 Å². The van der Waals surface area contributed by atoms with Gasteiger partial charge in [0.25, 0.3) is 0 Å². The lowest BCUT2D eigenvalue weighted by Gasteiger charge is -2.24. The van der Waals surface area contributed by atoms with Crippen molar-refractivity contribution in [1.82, 2.24) is 10.2 Å². The van der Waals surface area contributed by atoms with Crippen molar-refractivity contribution < 1.29 is 4.74 Å². The minimum absolute atomic E-state index is 0.804. The smallest absolute Gasteiger partial charge is 0.0466 e. The molecule has 0 spiro atoms. The Balaban J connectivity index is 3.64. The van der Waals surface area contributed by atoms with Crippen LogP contribution in [0.1, 0.15) is 60.3 Å². The summed E-state index contributed by atoms with van der Waals surface area (Å²) < 4.78 is 5.35. The van der Waals surface area contributed by atoms with Crippen LogP contribution in [-0.4, -0.2) is 50.8 Å². The van der Waals surface area contributed by atoms with Crippen molar-refractivity contribution in [2.24, 2.45) is 11.8 Å². The van der Waals surface area contributed by atoms with Crippen molar-refractivity contribution in [2.75, 3.05) is 45.9 Å². The molecule has 0 saturated carbocycles. The Morgan fingerprint density at radius 2 is 1.48 bits per heavy atom. The highest BCUT2D eigenvalue weighted by Crippen LogP contribution is 2.06. The zero-order chi connectivity index (χ0) is 15.9. The maximum atomic E-state index is 5.35. The standard InChI is InChI=1S/C18H40N2O/c1-6-21-16-8-7-11-19-12-15-20(13-9-17(2)3)14-10-18(4)5/h17-19H,6-16H2,1-5H3. The van der Waals surface area contributed by atoms with Gasteiger partial charge in [0, 0.05) is 26.3 Å². The third kappa shape index (κ3) is 16.1. The SMILES string of the molecule is CCOCCCCNCCN(CCC(C)C)CCC(C)C. The Morgan fingerprint density at radius 3 is 2.00 bits per heavy atom. The predicted molar refractivity (Wildman–Crippen MR) is 93.9 cm³/mol. The molecule has 0 aromatic heterocycles. The fourth-order valence-electron chi connectivity index (χ4n) is 2.18. The Hall–Kier alpha value is -0.120. The Labute approximate surface area is 133 Å². The van der Waals surface area contributed by atoms with Crippen molar-refractivity contribution in [3.05, 3.63) is 0 Å². The molecule has 0 aliphatic heterocycles. The van der Waals surface area contributed by atoms with E-state index in [1.54, 1.807) is 0 Å². The lowest BCUT2D eigenvalue weighted by molar-refractivity contribution is 0.143. The van der Waals surface area contributed by atoms with Crippen LogP contribution in [0, 0.1) is 11.8 Å². The summed E-state index contributed by atoms with van der Waals surface area (Å²) in [5.74, 6) is 1.61. The molecule has 0 atom stereocenters. The van der Waals surface area contributed by atoms with Crippen LogP contribution in [0.4, 0.5) is 0 Å². The number of hydrogen-bond donors (Lipinski definition) is 1. The van der Waals surface area contributed by atoms with Crippen molar-refractivity contribution >= 4 is 0 Å². The van der Waals surface area contributed by atoms with Gasteiger partial charge in [-0.1, -0.05) is 27.7 Å². The first kappa shape index (κ1) is 20.9. The van der Waals surface area contributed by atoms with E-state index in [9.17, 15) is 0 Å². The van der Waals surface area contributed by atoms with Gasteiger partial charge in [0.15, 0.2) is 0 Å². The normalized spacial score (nSPS) is 12.0. The van der Waals surface area contributed by atoms with E-state index in [4.69, 9.17) is 4.74 Å². The molecule has 0 aliphatic rings. The van der Waals surface area contributed by atoms with Gasteiger partial charge in [0.1, 0.15) is 0 Å².